The molecule has 2 aromatic heterocycles. The summed E-state index contributed by atoms with van der Waals surface area (Å²) in [5.74, 6) is 1.98. The molecule has 6 heteroatoms. The van der Waals surface area contributed by atoms with Crippen molar-refractivity contribution in [2.45, 2.75) is 19.3 Å². The van der Waals surface area contributed by atoms with E-state index < -0.39 is 0 Å². The van der Waals surface area contributed by atoms with E-state index in [1.807, 2.05) is 13.1 Å². The monoisotopic (exact) mass is 275 g/mol. The van der Waals surface area contributed by atoms with Gasteiger partial charge in [-0.3, -0.25) is 4.68 Å². The number of nitrogens with zero attached hydrogens (tertiary/aromatic N) is 5. The smallest absolute Gasteiger partial charge is 0.170 e. The predicted molar refractivity (Wildman–Crippen MR) is 74.1 cm³/mol. The highest BCUT2D eigenvalue weighted by atomic mass is 35.5. The lowest BCUT2D eigenvalue weighted by Crippen LogP contribution is -2.06. The molecule has 3 aromatic rings. The highest BCUT2D eigenvalue weighted by molar-refractivity contribution is 6.16. The van der Waals surface area contributed by atoms with Crippen LogP contribution in [0, 0.1) is 6.92 Å². The second-order valence-electron chi connectivity index (χ2n) is 4.57. The molecule has 0 bridgehead atoms. The van der Waals surface area contributed by atoms with Crippen LogP contribution in [0.5, 0.6) is 0 Å². The number of imidazole rings is 1. The van der Waals surface area contributed by atoms with Crippen LogP contribution in [0.3, 0.4) is 0 Å². The third-order valence-electron chi connectivity index (χ3n) is 3.05. The summed E-state index contributed by atoms with van der Waals surface area (Å²) in [4.78, 5) is 8.80. The number of alkyl halides is 1. The molecule has 0 aliphatic rings. The standard InChI is InChI=1S/C13H14ClN5/c1-9-3-4-10-11(5-9)19(13(6-14)16-10)7-12-15-8-18(2)17-12/h3-5,8H,6-7H2,1-2H3. The molecule has 0 saturated heterocycles. The fourth-order valence-electron chi connectivity index (χ4n) is 2.16. The number of rotatable bonds is 3. The molecule has 19 heavy (non-hydrogen) atoms. The van der Waals surface area contributed by atoms with Gasteiger partial charge in [-0.25, -0.2) is 9.97 Å². The van der Waals surface area contributed by atoms with Gasteiger partial charge >= 0.3 is 0 Å². The van der Waals surface area contributed by atoms with E-state index in [1.54, 1.807) is 11.0 Å². The minimum Gasteiger partial charge on any atom is -0.319 e. The first-order valence-electron chi connectivity index (χ1n) is 6.03. The lowest BCUT2D eigenvalue weighted by atomic mass is 10.2. The molecular weight excluding hydrogens is 262 g/mol. The average molecular weight is 276 g/mol. The first-order valence-corrected chi connectivity index (χ1v) is 6.57. The highest BCUT2D eigenvalue weighted by Crippen LogP contribution is 2.19. The predicted octanol–water partition coefficient (Wildman–Crippen LogP) is 2.26. The van der Waals surface area contributed by atoms with Crippen molar-refractivity contribution in [2.75, 3.05) is 0 Å². The Bertz CT molecular complexity index is 728. The third kappa shape index (κ3) is 2.21. The Morgan fingerprint density at radius 2 is 2.16 bits per heavy atom. The van der Waals surface area contributed by atoms with Crippen LogP contribution in [0.1, 0.15) is 17.2 Å². The maximum Gasteiger partial charge on any atom is 0.170 e. The van der Waals surface area contributed by atoms with E-state index >= 15 is 0 Å². The Balaban J connectivity index is 2.12. The van der Waals surface area contributed by atoms with E-state index in [0.717, 1.165) is 22.7 Å². The Morgan fingerprint density at radius 3 is 2.84 bits per heavy atom. The maximum atomic E-state index is 5.99. The van der Waals surface area contributed by atoms with Crippen LogP contribution in [0.15, 0.2) is 24.5 Å². The molecule has 0 spiro atoms. The first-order chi connectivity index (χ1) is 9.17. The lowest BCUT2D eigenvalue weighted by Gasteiger charge is -2.05. The third-order valence-corrected chi connectivity index (χ3v) is 3.29. The van der Waals surface area contributed by atoms with Crippen LogP contribution >= 0.6 is 11.6 Å². The summed E-state index contributed by atoms with van der Waals surface area (Å²) >= 11 is 5.99. The van der Waals surface area contributed by atoms with Crippen LogP contribution in [0.25, 0.3) is 11.0 Å². The molecule has 0 N–H and O–H groups in total. The van der Waals surface area contributed by atoms with E-state index in [2.05, 4.69) is 38.7 Å². The van der Waals surface area contributed by atoms with Crippen LogP contribution < -0.4 is 0 Å². The van der Waals surface area contributed by atoms with Crippen molar-refractivity contribution >= 4 is 22.6 Å². The average Bonchev–Trinajstić information content (AvgIpc) is 2.94. The molecule has 0 radical (unpaired) electrons. The number of halogens is 1. The Labute approximate surface area is 115 Å². The van der Waals surface area contributed by atoms with E-state index in [0.29, 0.717) is 12.4 Å². The molecule has 2 heterocycles. The van der Waals surface area contributed by atoms with Gasteiger partial charge in [0, 0.05) is 7.05 Å². The number of hydrogen-bond donors (Lipinski definition) is 0. The van der Waals surface area contributed by atoms with Crippen molar-refractivity contribution in [3.8, 4) is 0 Å². The summed E-state index contributed by atoms with van der Waals surface area (Å²) in [5, 5.41) is 4.30. The number of hydrogen-bond acceptors (Lipinski definition) is 3. The van der Waals surface area contributed by atoms with Gasteiger partial charge in [0.1, 0.15) is 12.2 Å². The maximum absolute atomic E-state index is 5.99. The molecule has 0 aliphatic carbocycles. The van der Waals surface area contributed by atoms with Gasteiger partial charge in [-0.1, -0.05) is 6.07 Å². The molecule has 1 aromatic carbocycles. The zero-order chi connectivity index (χ0) is 13.4. The van der Waals surface area contributed by atoms with E-state index in [-0.39, 0.29) is 0 Å². The number of aromatic nitrogens is 5. The van der Waals surface area contributed by atoms with Crippen molar-refractivity contribution in [3.05, 3.63) is 41.7 Å². The Morgan fingerprint density at radius 1 is 1.32 bits per heavy atom. The summed E-state index contributed by atoms with van der Waals surface area (Å²) in [6.07, 6.45) is 1.69. The molecule has 98 valence electrons. The molecule has 0 unspecified atom stereocenters. The van der Waals surface area contributed by atoms with Crippen molar-refractivity contribution < 1.29 is 0 Å². The van der Waals surface area contributed by atoms with Gasteiger partial charge in [-0.2, -0.15) is 5.10 Å². The fraction of sp³-hybridized carbons (Fsp3) is 0.308. The molecule has 0 fully saturated rings. The van der Waals surface area contributed by atoms with Gasteiger partial charge in [0.25, 0.3) is 0 Å². The second-order valence-corrected chi connectivity index (χ2v) is 4.84. The van der Waals surface area contributed by atoms with Gasteiger partial charge < -0.3 is 4.57 Å². The van der Waals surface area contributed by atoms with Crippen LogP contribution in [-0.2, 0) is 19.5 Å². The van der Waals surface area contributed by atoms with Gasteiger partial charge in [0.05, 0.1) is 23.5 Å². The summed E-state index contributed by atoms with van der Waals surface area (Å²) in [7, 11) is 1.86. The summed E-state index contributed by atoms with van der Waals surface area (Å²) in [6, 6.07) is 6.18. The van der Waals surface area contributed by atoms with Crippen LogP contribution in [-0.4, -0.2) is 24.3 Å². The van der Waals surface area contributed by atoms with E-state index in [9.17, 15) is 0 Å². The second kappa shape index (κ2) is 4.66. The molecule has 0 amide bonds. The first kappa shape index (κ1) is 12.2. The van der Waals surface area contributed by atoms with Gasteiger partial charge in [-0.05, 0) is 24.6 Å². The SMILES string of the molecule is Cc1ccc2nc(CCl)n(Cc3ncn(C)n3)c2c1. The molecule has 3 rings (SSSR count). The van der Waals surface area contributed by atoms with Crippen molar-refractivity contribution in [3.63, 3.8) is 0 Å². The van der Waals surface area contributed by atoms with Crippen molar-refractivity contribution in [2.24, 2.45) is 7.05 Å². The number of aryl methyl sites for hydroxylation is 2. The highest BCUT2D eigenvalue weighted by Gasteiger charge is 2.12. The zero-order valence-electron chi connectivity index (χ0n) is 10.8. The topological polar surface area (TPSA) is 48.5 Å². The van der Waals surface area contributed by atoms with Crippen molar-refractivity contribution in [1.29, 1.82) is 0 Å². The van der Waals surface area contributed by atoms with E-state index in [1.165, 1.54) is 5.56 Å². The Kier molecular flexibility index (Phi) is 2.98. The molecule has 0 aliphatic heterocycles. The van der Waals surface area contributed by atoms with Crippen LogP contribution in [0.4, 0.5) is 0 Å². The summed E-state index contributed by atoms with van der Waals surface area (Å²) in [6.45, 7) is 2.65. The number of benzene rings is 1. The van der Waals surface area contributed by atoms with E-state index in [4.69, 9.17) is 11.6 Å². The number of fused-ring (bicyclic) bond motifs is 1. The molecular formula is C13H14ClN5. The van der Waals surface area contributed by atoms with Gasteiger partial charge in [-0.15, -0.1) is 11.6 Å². The minimum absolute atomic E-state index is 0.376. The molecule has 0 atom stereocenters. The normalized spacial score (nSPS) is 11.3. The van der Waals surface area contributed by atoms with Gasteiger partial charge in [0.15, 0.2) is 5.82 Å². The lowest BCUT2D eigenvalue weighted by molar-refractivity contribution is 0.697. The largest absolute Gasteiger partial charge is 0.319 e. The zero-order valence-corrected chi connectivity index (χ0v) is 11.6. The summed E-state index contributed by atoms with van der Waals surface area (Å²) in [5.41, 5.74) is 3.23. The Hall–Kier alpha value is -1.88. The molecule has 5 nitrogen and oxygen atoms in total. The molecule has 0 saturated carbocycles. The minimum atomic E-state index is 0.376. The van der Waals surface area contributed by atoms with Crippen LogP contribution in [0.2, 0.25) is 0 Å². The van der Waals surface area contributed by atoms with Gasteiger partial charge in [0.2, 0.25) is 0 Å². The fourth-order valence-corrected chi connectivity index (χ4v) is 2.36. The van der Waals surface area contributed by atoms with Crippen molar-refractivity contribution in [1.82, 2.24) is 24.3 Å². The summed E-state index contributed by atoms with van der Waals surface area (Å²) < 4.78 is 3.77. The quantitative estimate of drug-likeness (QED) is 0.689.